The number of amides is 1. The molecule has 13 heteroatoms. The number of carbonyl (C=O) groups excluding carboxylic acids is 1. The number of rotatable bonds is 5. The third-order valence-corrected chi connectivity index (χ3v) is 4.95. The lowest BCUT2D eigenvalue weighted by atomic mass is 9.97. The number of carboxylic acid groups (broad SMARTS) is 1. The van der Waals surface area contributed by atoms with Crippen molar-refractivity contribution in [3.8, 4) is 5.88 Å². The highest BCUT2D eigenvalue weighted by molar-refractivity contribution is 6.02. The maximum atomic E-state index is 12.5. The van der Waals surface area contributed by atoms with Gasteiger partial charge in [-0.05, 0) is 38.8 Å². The fourth-order valence-corrected chi connectivity index (χ4v) is 3.32. The Bertz CT molecular complexity index is 1190. The molecule has 3 aromatic heterocycles. The van der Waals surface area contributed by atoms with E-state index in [1.165, 1.54) is 0 Å². The van der Waals surface area contributed by atoms with Crippen LogP contribution in [0, 0.1) is 6.92 Å². The Kier molecular flexibility index (Phi) is 8.22. The number of hydrogen-bond acceptors (Lipinski definition) is 7. The molecule has 2 N–H and O–H groups in total. The molecular formula is C22H24F3N5O5. The van der Waals surface area contributed by atoms with Gasteiger partial charge in [-0.15, -0.1) is 0 Å². The Balaban J connectivity index is 0.000000429. The minimum absolute atomic E-state index is 0.317. The average molecular weight is 495 g/mol. The first-order valence-corrected chi connectivity index (χ1v) is 10.7. The number of anilines is 1. The van der Waals surface area contributed by atoms with Gasteiger partial charge in [-0.1, -0.05) is 6.07 Å². The number of nitrogens with zero attached hydrogens (tertiary/aromatic N) is 4. The molecule has 1 aliphatic heterocycles. The van der Waals surface area contributed by atoms with Crippen LogP contribution >= 0.6 is 0 Å². The number of pyridine rings is 1. The van der Waals surface area contributed by atoms with Gasteiger partial charge in [0.15, 0.2) is 5.82 Å². The molecule has 1 saturated heterocycles. The number of aliphatic carboxylic acids is 1. The third-order valence-electron chi connectivity index (χ3n) is 4.95. The highest BCUT2D eigenvalue weighted by Gasteiger charge is 2.38. The molecule has 4 rings (SSSR count). The standard InChI is InChI=1S/C20H23N5O3.C2HF3O2/c1-3-28-20-18-22-16(14-7-9-27-10-8-14)11-25(18)12-17(24-20)23-19(26)15-6-4-5-13(2)21-15;3-2(4,5)1(6)7/h4-6,11-12,14H,3,7-10H2,1-2H3,(H,23,26);(H,6,7). The summed E-state index contributed by atoms with van der Waals surface area (Å²) in [7, 11) is 0. The van der Waals surface area contributed by atoms with E-state index >= 15 is 0 Å². The van der Waals surface area contributed by atoms with Crippen molar-refractivity contribution < 1.29 is 37.3 Å². The largest absolute Gasteiger partial charge is 0.490 e. The number of halogens is 3. The van der Waals surface area contributed by atoms with Gasteiger partial charge >= 0.3 is 12.1 Å². The van der Waals surface area contributed by atoms with Crippen molar-refractivity contribution in [3.63, 3.8) is 0 Å². The van der Waals surface area contributed by atoms with Crippen molar-refractivity contribution in [1.82, 2.24) is 19.4 Å². The summed E-state index contributed by atoms with van der Waals surface area (Å²) in [6.45, 7) is 5.69. The van der Waals surface area contributed by atoms with E-state index in [-0.39, 0.29) is 5.91 Å². The summed E-state index contributed by atoms with van der Waals surface area (Å²) in [5, 5.41) is 9.93. The number of aromatic nitrogens is 4. The first-order valence-electron chi connectivity index (χ1n) is 10.7. The first-order chi connectivity index (χ1) is 16.6. The molecule has 0 aromatic carbocycles. The third kappa shape index (κ3) is 6.88. The minimum Gasteiger partial charge on any atom is -0.475 e. The predicted molar refractivity (Wildman–Crippen MR) is 118 cm³/mol. The lowest BCUT2D eigenvalue weighted by Crippen LogP contribution is -2.21. The molecule has 1 amide bonds. The predicted octanol–water partition coefficient (Wildman–Crippen LogP) is 3.61. The van der Waals surface area contributed by atoms with Crippen LogP contribution in [0.5, 0.6) is 5.88 Å². The van der Waals surface area contributed by atoms with E-state index in [0.29, 0.717) is 35.6 Å². The Labute approximate surface area is 198 Å². The van der Waals surface area contributed by atoms with Gasteiger partial charge in [0, 0.05) is 31.0 Å². The van der Waals surface area contributed by atoms with Crippen LogP contribution in [0.2, 0.25) is 0 Å². The SMILES string of the molecule is CCOc1nc(NC(=O)c2cccc(C)n2)cn2cc(C3CCOCC3)nc12.O=C(O)C(F)(F)F. The van der Waals surface area contributed by atoms with Gasteiger partial charge in [-0.3, -0.25) is 9.20 Å². The zero-order valence-electron chi connectivity index (χ0n) is 19.0. The molecule has 0 radical (unpaired) electrons. The van der Waals surface area contributed by atoms with E-state index in [1.807, 2.05) is 30.5 Å². The van der Waals surface area contributed by atoms with Gasteiger partial charge in [-0.25, -0.2) is 14.8 Å². The zero-order valence-corrected chi connectivity index (χ0v) is 19.0. The van der Waals surface area contributed by atoms with Crippen LogP contribution in [0.1, 0.15) is 47.6 Å². The summed E-state index contributed by atoms with van der Waals surface area (Å²) in [5.41, 5.74) is 2.76. The zero-order chi connectivity index (χ0) is 25.6. The van der Waals surface area contributed by atoms with Crippen molar-refractivity contribution in [3.05, 3.63) is 47.7 Å². The molecule has 35 heavy (non-hydrogen) atoms. The molecule has 188 valence electrons. The molecule has 0 unspecified atom stereocenters. The molecule has 1 aliphatic rings. The second kappa shape index (κ2) is 11.1. The van der Waals surface area contributed by atoms with Crippen LogP contribution in [-0.2, 0) is 9.53 Å². The monoisotopic (exact) mass is 495 g/mol. The van der Waals surface area contributed by atoms with Crippen LogP contribution < -0.4 is 10.1 Å². The summed E-state index contributed by atoms with van der Waals surface area (Å²) in [5.74, 6) is -1.93. The van der Waals surface area contributed by atoms with Crippen molar-refractivity contribution >= 4 is 23.3 Å². The minimum atomic E-state index is -5.08. The second-order valence-electron chi connectivity index (χ2n) is 7.57. The summed E-state index contributed by atoms with van der Waals surface area (Å²) >= 11 is 0. The highest BCUT2D eigenvalue weighted by atomic mass is 19.4. The fourth-order valence-electron chi connectivity index (χ4n) is 3.32. The van der Waals surface area contributed by atoms with E-state index in [0.717, 1.165) is 37.4 Å². The van der Waals surface area contributed by atoms with Crippen LogP contribution in [0.4, 0.5) is 19.0 Å². The van der Waals surface area contributed by atoms with Crippen LogP contribution in [0.15, 0.2) is 30.6 Å². The molecule has 0 aliphatic carbocycles. The van der Waals surface area contributed by atoms with E-state index in [1.54, 1.807) is 18.3 Å². The van der Waals surface area contributed by atoms with E-state index in [4.69, 9.17) is 24.4 Å². The van der Waals surface area contributed by atoms with Gasteiger partial charge < -0.3 is 19.9 Å². The molecule has 3 aromatic rings. The number of hydrogen-bond donors (Lipinski definition) is 2. The molecule has 1 fully saturated rings. The number of fused-ring (bicyclic) bond motifs is 1. The van der Waals surface area contributed by atoms with Crippen molar-refractivity contribution in [2.24, 2.45) is 0 Å². The van der Waals surface area contributed by atoms with Crippen molar-refractivity contribution in [1.29, 1.82) is 0 Å². The number of ether oxygens (including phenoxy) is 2. The molecule has 10 nitrogen and oxygen atoms in total. The Morgan fingerprint density at radius 2 is 1.89 bits per heavy atom. The summed E-state index contributed by atoms with van der Waals surface area (Å²) < 4.78 is 44.7. The van der Waals surface area contributed by atoms with E-state index in [9.17, 15) is 18.0 Å². The molecule has 0 bridgehead atoms. The fraction of sp³-hybridized carbons (Fsp3) is 0.409. The number of imidazole rings is 1. The summed E-state index contributed by atoms with van der Waals surface area (Å²) in [6.07, 6.45) is 0.547. The molecular weight excluding hydrogens is 471 g/mol. The molecule has 4 heterocycles. The Morgan fingerprint density at radius 3 is 2.49 bits per heavy atom. The maximum absolute atomic E-state index is 12.5. The van der Waals surface area contributed by atoms with Gasteiger partial charge in [0.25, 0.3) is 11.8 Å². The average Bonchev–Trinajstić information content (AvgIpc) is 3.24. The molecule has 0 atom stereocenters. The van der Waals surface area contributed by atoms with Crippen LogP contribution in [-0.4, -0.2) is 62.3 Å². The lowest BCUT2D eigenvalue weighted by Gasteiger charge is -2.19. The number of alkyl halides is 3. The highest BCUT2D eigenvalue weighted by Crippen LogP contribution is 2.29. The quantitative estimate of drug-likeness (QED) is 0.550. The van der Waals surface area contributed by atoms with Crippen molar-refractivity contribution in [2.45, 2.75) is 38.8 Å². The Hall–Kier alpha value is -3.74. The second-order valence-corrected chi connectivity index (χ2v) is 7.57. The van der Waals surface area contributed by atoms with Gasteiger partial charge in [0.1, 0.15) is 5.69 Å². The first kappa shape index (κ1) is 25.9. The number of aryl methyl sites for hydroxylation is 1. The topological polar surface area (TPSA) is 128 Å². The maximum Gasteiger partial charge on any atom is 0.490 e. The van der Waals surface area contributed by atoms with E-state index in [2.05, 4.69) is 15.3 Å². The van der Waals surface area contributed by atoms with Crippen LogP contribution in [0.25, 0.3) is 5.65 Å². The normalized spacial score (nSPS) is 14.2. The number of carboxylic acids is 1. The number of carbonyl (C=O) groups is 2. The van der Waals surface area contributed by atoms with Gasteiger partial charge in [-0.2, -0.15) is 18.2 Å². The summed E-state index contributed by atoms with van der Waals surface area (Å²) in [4.78, 5) is 34.9. The molecule has 0 saturated carbocycles. The van der Waals surface area contributed by atoms with Gasteiger partial charge in [0.2, 0.25) is 5.65 Å². The van der Waals surface area contributed by atoms with Crippen molar-refractivity contribution in [2.75, 3.05) is 25.1 Å². The van der Waals surface area contributed by atoms with Crippen LogP contribution in [0.3, 0.4) is 0 Å². The molecule has 0 spiro atoms. The number of nitrogens with one attached hydrogen (secondary N) is 1. The smallest absolute Gasteiger partial charge is 0.475 e. The lowest BCUT2D eigenvalue weighted by molar-refractivity contribution is -0.192. The van der Waals surface area contributed by atoms with E-state index < -0.39 is 12.1 Å². The Morgan fingerprint density at radius 1 is 1.20 bits per heavy atom. The summed E-state index contributed by atoms with van der Waals surface area (Å²) in [6, 6.07) is 5.32. The van der Waals surface area contributed by atoms with Gasteiger partial charge in [0.05, 0.1) is 18.5 Å².